The molecule has 2 rings (SSSR count). The molecule has 0 bridgehead atoms. The van der Waals surface area contributed by atoms with Crippen molar-refractivity contribution in [2.24, 2.45) is 0 Å². The zero-order chi connectivity index (χ0) is 10.5. The summed E-state index contributed by atoms with van der Waals surface area (Å²) in [5.41, 5.74) is 4.74. The molecule has 1 heteroatoms. The van der Waals surface area contributed by atoms with Gasteiger partial charge in [0.1, 0.15) is 0 Å². The fraction of sp³-hybridized carbons (Fsp3) is 0.571. The van der Waals surface area contributed by atoms with Crippen LogP contribution in [0.4, 0.5) is 0 Å². The highest BCUT2D eigenvalue weighted by atomic mass is 14.8. The average molecular weight is 203 g/mol. The number of benzene rings is 1. The first-order chi connectivity index (χ1) is 7.40. The summed E-state index contributed by atoms with van der Waals surface area (Å²) >= 11 is 0. The van der Waals surface area contributed by atoms with Gasteiger partial charge in [0.25, 0.3) is 0 Å². The van der Waals surface area contributed by atoms with Gasteiger partial charge in [-0.05, 0) is 68.8 Å². The molecule has 15 heavy (non-hydrogen) atoms. The third-order valence-corrected chi connectivity index (χ3v) is 3.31. The van der Waals surface area contributed by atoms with Crippen LogP contribution in [0.1, 0.15) is 36.0 Å². The lowest BCUT2D eigenvalue weighted by atomic mass is 10.0. The normalized spacial score (nSPS) is 14.2. The lowest BCUT2D eigenvalue weighted by Crippen LogP contribution is -2.07. The van der Waals surface area contributed by atoms with Crippen LogP contribution in [0.3, 0.4) is 0 Å². The molecule has 82 valence electrons. The van der Waals surface area contributed by atoms with E-state index in [2.05, 4.69) is 23.5 Å². The monoisotopic (exact) mass is 203 g/mol. The molecule has 1 aromatic rings. The van der Waals surface area contributed by atoms with Crippen LogP contribution in [0.25, 0.3) is 0 Å². The number of fused-ring (bicyclic) bond motifs is 1. The minimum Gasteiger partial charge on any atom is -0.320 e. The van der Waals surface area contributed by atoms with Gasteiger partial charge < -0.3 is 5.32 Å². The van der Waals surface area contributed by atoms with Crippen LogP contribution in [0, 0.1) is 0 Å². The summed E-state index contributed by atoms with van der Waals surface area (Å²) < 4.78 is 0. The fourth-order valence-corrected chi connectivity index (χ4v) is 2.41. The first-order valence-electron chi connectivity index (χ1n) is 6.15. The number of hydrogen-bond donors (Lipinski definition) is 1. The van der Waals surface area contributed by atoms with E-state index in [1.54, 1.807) is 11.1 Å². The summed E-state index contributed by atoms with van der Waals surface area (Å²) in [5.74, 6) is 0. The van der Waals surface area contributed by atoms with Crippen LogP contribution >= 0.6 is 0 Å². The Morgan fingerprint density at radius 3 is 2.87 bits per heavy atom. The molecule has 1 aliphatic carbocycles. The molecule has 0 aromatic heterocycles. The van der Waals surface area contributed by atoms with Crippen LogP contribution in [0.2, 0.25) is 0 Å². The number of aryl methyl sites for hydroxylation is 3. The Morgan fingerprint density at radius 1 is 1.13 bits per heavy atom. The Hall–Kier alpha value is -0.820. The molecule has 0 atom stereocenters. The zero-order valence-corrected chi connectivity index (χ0v) is 9.68. The molecule has 0 amide bonds. The predicted octanol–water partition coefficient (Wildman–Crippen LogP) is 2.72. The molecule has 0 unspecified atom stereocenters. The second-order valence-corrected chi connectivity index (χ2v) is 4.52. The van der Waals surface area contributed by atoms with Gasteiger partial charge in [-0.15, -0.1) is 0 Å². The quantitative estimate of drug-likeness (QED) is 0.726. The Morgan fingerprint density at radius 2 is 2.00 bits per heavy atom. The van der Waals surface area contributed by atoms with Gasteiger partial charge in [-0.2, -0.15) is 0 Å². The SMILES string of the molecule is CNCCCCc1ccc2c(c1)CCC2. The Labute approximate surface area is 92.9 Å². The maximum atomic E-state index is 3.20. The topological polar surface area (TPSA) is 12.0 Å². The van der Waals surface area contributed by atoms with Crippen LogP contribution in [0.5, 0.6) is 0 Å². The largest absolute Gasteiger partial charge is 0.320 e. The van der Waals surface area contributed by atoms with Crippen molar-refractivity contribution >= 4 is 0 Å². The van der Waals surface area contributed by atoms with Crippen molar-refractivity contribution in [3.8, 4) is 0 Å². The summed E-state index contributed by atoms with van der Waals surface area (Å²) in [5, 5.41) is 3.20. The van der Waals surface area contributed by atoms with E-state index >= 15 is 0 Å². The van der Waals surface area contributed by atoms with Crippen molar-refractivity contribution in [2.75, 3.05) is 13.6 Å². The highest BCUT2D eigenvalue weighted by Gasteiger charge is 2.10. The third-order valence-electron chi connectivity index (χ3n) is 3.31. The molecule has 1 aliphatic rings. The van der Waals surface area contributed by atoms with Gasteiger partial charge in [-0.25, -0.2) is 0 Å². The minimum atomic E-state index is 1.14. The molecule has 1 aromatic carbocycles. The molecule has 0 fully saturated rings. The van der Waals surface area contributed by atoms with Gasteiger partial charge in [-0.1, -0.05) is 18.2 Å². The van der Waals surface area contributed by atoms with Gasteiger partial charge in [0, 0.05) is 0 Å². The maximum absolute atomic E-state index is 3.20. The van der Waals surface area contributed by atoms with Gasteiger partial charge in [0.05, 0.1) is 0 Å². The van der Waals surface area contributed by atoms with E-state index in [-0.39, 0.29) is 0 Å². The number of unbranched alkanes of at least 4 members (excludes halogenated alkanes) is 1. The maximum Gasteiger partial charge on any atom is -0.00518 e. The Bertz CT molecular complexity index is 317. The molecule has 0 aliphatic heterocycles. The minimum absolute atomic E-state index is 1.14. The second-order valence-electron chi connectivity index (χ2n) is 4.52. The van der Waals surface area contributed by atoms with E-state index in [1.807, 2.05) is 7.05 Å². The molecule has 0 spiro atoms. The lowest BCUT2D eigenvalue weighted by Gasteiger charge is -2.05. The van der Waals surface area contributed by atoms with Crippen molar-refractivity contribution in [1.29, 1.82) is 0 Å². The van der Waals surface area contributed by atoms with Crippen molar-refractivity contribution in [1.82, 2.24) is 5.32 Å². The van der Waals surface area contributed by atoms with Gasteiger partial charge in [-0.3, -0.25) is 0 Å². The molecule has 0 saturated carbocycles. The smallest absolute Gasteiger partial charge is 0.00518 e. The number of rotatable bonds is 5. The van der Waals surface area contributed by atoms with Crippen LogP contribution < -0.4 is 5.32 Å². The third kappa shape index (κ3) is 2.82. The van der Waals surface area contributed by atoms with E-state index in [0.717, 1.165) is 6.54 Å². The summed E-state index contributed by atoms with van der Waals surface area (Å²) in [6.45, 7) is 1.14. The second kappa shape index (κ2) is 5.32. The fourth-order valence-electron chi connectivity index (χ4n) is 2.41. The molecule has 0 radical (unpaired) electrons. The molecule has 0 heterocycles. The Balaban J connectivity index is 1.87. The van der Waals surface area contributed by atoms with E-state index in [0.29, 0.717) is 0 Å². The predicted molar refractivity (Wildman–Crippen MR) is 65.3 cm³/mol. The molecule has 1 N–H and O–H groups in total. The number of nitrogens with one attached hydrogen (secondary N) is 1. The summed E-state index contributed by atoms with van der Waals surface area (Å²) in [6, 6.07) is 7.10. The summed E-state index contributed by atoms with van der Waals surface area (Å²) in [4.78, 5) is 0. The highest BCUT2D eigenvalue weighted by molar-refractivity contribution is 5.35. The standard InChI is InChI=1S/C14H21N/c1-15-10-3-2-5-12-8-9-13-6-4-7-14(13)11-12/h8-9,11,15H,2-7,10H2,1H3. The highest BCUT2D eigenvalue weighted by Crippen LogP contribution is 2.23. The Kier molecular flexibility index (Phi) is 3.79. The van der Waals surface area contributed by atoms with E-state index in [1.165, 1.54) is 44.1 Å². The van der Waals surface area contributed by atoms with Gasteiger partial charge >= 0.3 is 0 Å². The van der Waals surface area contributed by atoms with Crippen molar-refractivity contribution in [3.63, 3.8) is 0 Å². The van der Waals surface area contributed by atoms with Crippen LogP contribution in [-0.4, -0.2) is 13.6 Å². The first-order valence-corrected chi connectivity index (χ1v) is 6.15. The summed E-state index contributed by atoms with van der Waals surface area (Å²) in [7, 11) is 2.02. The molecule has 1 nitrogen and oxygen atoms in total. The summed E-state index contributed by atoms with van der Waals surface area (Å²) in [6.07, 6.45) is 7.80. The average Bonchev–Trinajstić information content (AvgIpc) is 2.71. The van der Waals surface area contributed by atoms with Crippen molar-refractivity contribution in [3.05, 3.63) is 34.9 Å². The van der Waals surface area contributed by atoms with Crippen molar-refractivity contribution in [2.45, 2.75) is 38.5 Å². The lowest BCUT2D eigenvalue weighted by molar-refractivity contribution is 0.677. The first kappa shape index (κ1) is 10.7. The van der Waals surface area contributed by atoms with Gasteiger partial charge in [0.15, 0.2) is 0 Å². The van der Waals surface area contributed by atoms with E-state index in [9.17, 15) is 0 Å². The number of hydrogen-bond acceptors (Lipinski definition) is 1. The van der Waals surface area contributed by atoms with Crippen molar-refractivity contribution < 1.29 is 0 Å². The zero-order valence-electron chi connectivity index (χ0n) is 9.68. The molecular formula is C14H21N. The molecule has 0 saturated heterocycles. The van der Waals surface area contributed by atoms with Gasteiger partial charge in [0.2, 0.25) is 0 Å². The van der Waals surface area contributed by atoms with E-state index in [4.69, 9.17) is 0 Å². The van der Waals surface area contributed by atoms with Crippen LogP contribution in [-0.2, 0) is 19.3 Å². The van der Waals surface area contributed by atoms with Crippen LogP contribution in [0.15, 0.2) is 18.2 Å². The van der Waals surface area contributed by atoms with E-state index < -0.39 is 0 Å². The molecular weight excluding hydrogens is 182 g/mol.